The number of hydrogen-bond donors (Lipinski definition) is 0. The third-order valence-electron chi connectivity index (χ3n) is 4.43. The van der Waals surface area contributed by atoms with E-state index in [1.807, 2.05) is 19.1 Å². The number of aryl methyl sites for hydroxylation is 1. The third kappa shape index (κ3) is 3.46. The van der Waals surface area contributed by atoms with Crippen molar-refractivity contribution in [3.63, 3.8) is 0 Å². The number of thioether (sulfide) groups is 1. The summed E-state index contributed by atoms with van der Waals surface area (Å²) in [5.74, 6) is -0.0835. The van der Waals surface area contributed by atoms with Gasteiger partial charge in [-0.3, -0.25) is 9.10 Å². The highest BCUT2D eigenvalue weighted by atomic mass is 32.2. The second-order valence-corrected chi connectivity index (χ2v) is 9.95. The summed E-state index contributed by atoms with van der Waals surface area (Å²) in [4.78, 5) is 14.8. The Bertz CT molecular complexity index is 940. The number of rotatable bonds is 3. The predicted molar refractivity (Wildman–Crippen MR) is 107 cm³/mol. The second kappa shape index (κ2) is 6.96. The zero-order valence-corrected chi connectivity index (χ0v) is 16.9. The quantitative estimate of drug-likeness (QED) is 0.802. The molecule has 0 radical (unpaired) electrons. The topological polar surface area (TPSA) is 57.7 Å². The molecule has 5 nitrogen and oxygen atoms in total. The van der Waals surface area contributed by atoms with E-state index in [0.717, 1.165) is 10.5 Å². The van der Waals surface area contributed by atoms with Crippen LogP contribution in [0.1, 0.15) is 19.4 Å². The summed E-state index contributed by atoms with van der Waals surface area (Å²) in [5.41, 5.74) is 2.33. The van der Waals surface area contributed by atoms with Gasteiger partial charge in [0, 0.05) is 30.7 Å². The SMILES string of the molecule is CC(=O)N1CC(C)Sc2ccc(S(=O)(=O)N(C)c3ccc(C)cc3)cc21. The van der Waals surface area contributed by atoms with Crippen molar-refractivity contribution >= 4 is 39.1 Å². The van der Waals surface area contributed by atoms with E-state index in [9.17, 15) is 13.2 Å². The Balaban J connectivity index is 2.02. The van der Waals surface area contributed by atoms with Crippen molar-refractivity contribution in [3.8, 4) is 0 Å². The summed E-state index contributed by atoms with van der Waals surface area (Å²) in [6, 6.07) is 12.3. The summed E-state index contributed by atoms with van der Waals surface area (Å²) >= 11 is 1.66. The van der Waals surface area contributed by atoms with Crippen molar-refractivity contribution in [1.29, 1.82) is 0 Å². The van der Waals surface area contributed by atoms with E-state index in [-0.39, 0.29) is 16.1 Å². The fourth-order valence-corrected chi connectivity index (χ4v) is 5.24. The fourth-order valence-electron chi connectivity index (χ4n) is 2.93. The van der Waals surface area contributed by atoms with Gasteiger partial charge < -0.3 is 4.90 Å². The predicted octanol–water partition coefficient (Wildman–Crippen LogP) is 3.67. The molecule has 0 bridgehead atoms. The van der Waals surface area contributed by atoms with Gasteiger partial charge in [0.05, 0.1) is 16.3 Å². The van der Waals surface area contributed by atoms with Crippen LogP contribution in [0.5, 0.6) is 0 Å². The van der Waals surface area contributed by atoms with Gasteiger partial charge in [0.15, 0.2) is 0 Å². The van der Waals surface area contributed by atoms with E-state index >= 15 is 0 Å². The van der Waals surface area contributed by atoms with Crippen molar-refractivity contribution in [2.45, 2.75) is 35.8 Å². The molecule has 0 saturated heterocycles. The van der Waals surface area contributed by atoms with Crippen molar-refractivity contribution in [2.24, 2.45) is 0 Å². The van der Waals surface area contributed by atoms with Gasteiger partial charge in [-0.25, -0.2) is 8.42 Å². The van der Waals surface area contributed by atoms with Gasteiger partial charge in [-0.1, -0.05) is 24.6 Å². The number of fused-ring (bicyclic) bond motifs is 1. The summed E-state index contributed by atoms with van der Waals surface area (Å²) in [6.45, 7) is 6.09. The Hall–Kier alpha value is -1.99. The van der Waals surface area contributed by atoms with Crippen molar-refractivity contribution in [1.82, 2.24) is 0 Å². The van der Waals surface area contributed by atoms with Crippen LogP contribution in [-0.4, -0.2) is 33.2 Å². The monoisotopic (exact) mass is 390 g/mol. The number of nitrogens with zero attached hydrogens (tertiary/aromatic N) is 2. The van der Waals surface area contributed by atoms with Crippen LogP contribution in [-0.2, 0) is 14.8 Å². The smallest absolute Gasteiger partial charge is 0.264 e. The molecule has 2 aromatic carbocycles. The van der Waals surface area contributed by atoms with E-state index in [4.69, 9.17) is 0 Å². The lowest BCUT2D eigenvalue weighted by molar-refractivity contribution is -0.116. The number of anilines is 2. The Morgan fingerprint density at radius 2 is 1.85 bits per heavy atom. The lowest BCUT2D eigenvalue weighted by atomic mass is 10.2. The van der Waals surface area contributed by atoms with Crippen LogP contribution in [0.15, 0.2) is 52.3 Å². The molecule has 0 spiro atoms. The maximum atomic E-state index is 13.1. The Morgan fingerprint density at radius 1 is 1.19 bits per heavy atom. The number of sulfonamides is 1. The minimum Gasteiger partial charge on any atom is -0.310 e. The highest BCUT2D eigenvalue weighted by molar-refractivity contribution is 8.00. The maximum Gasteiger partial charge on any atom is 0.264 e. The first-order valence-electron chi connectivity index (χ1n) is 8.34. The van der Waals surface area contributed by atoms with Gasteiger partial charge in [0.25, 0.3) is 10.0 Å². The standard InChI is InChI=1S/C19H22N2O3S2/c1-13-5-7-16(8-6-13)20(4)26(23,24)17-9-10-19-18(11-17)21(15(3)22)12-14(2)25-19/h5-11,14H,12H2,1-4H3. The van der Waals surface area contributed by atoms with Gasteiger partial charge in [0.1, 0.15) is 0 Å². The van der Waals surface area contributed by atoms with Gasteiger partial charge in [-0.05, 0) is 37.3 Å². The molecule has 1 heterocycles. The van der Waals surface area contributed by atoms with E-state index in [1.165, 1.54) is 11.2 Å². The molecular formula is C19H22N2O3S2. The Kier molecular flexibility index (Phi) is 5.03. The molecule has 138 valence electrons. The first-order valence-corrected chi connectivity index (χ1v) is 10.7. The number of benzene rings is 2. The number of carbonyl (C=O) groups excluding carboxylic acids is 1. The molecule has 1 aliphatic rings. The summed E-state index contributed by atoms with van der Waals surface area (Å²) in [6.07, 6.45) is 0. The Morgan fingerprint density at radius 3 is 2.46 bits per heavy atom. The number of carbonyl (C=O) groups is 1. The average molecular weight is 391 g/mol. The van der Waals surface area contributed by atoms with Crippen LogP contribution in [0.3, 0.4) is 0 Å². The molecule has 1 atom stereocenters. The zero-order valence-electron chi connectivity index (χ0n) is 15.3. The molecule has 0 aromatic heterocycles. The molecule has 0 saturated carbocycles. The van der Waals surface area contributed by atoms with E-state index in [0.29, 0.717) is 17.9 Å². The van der Waals surface area contributed by atoms with Gasteiger partial charge in [-0.2, -0.15) is 0 Å². The van der Waals surface area contributed by atoms with Crippen LogP contribution < -0.4 is 9.21 Å². The number of amides is 1. The van der Waals surface area contributed by atoms with Crippen molar-refractivity contribution < 1.29 is 13.2 Å². The molecule has 7 heteroatoms. The van der Waals surface area contributed by atoms with E-state index in [1.54, 1.807) is 54.0 Å². The molecule has 3 rings (SSSR count). The maximum absolute atomic E-state index is 13.1. The molecule has 1 aliphatic heterocycles. The summed E-state index contributed by atoms with van der Waals surface area (Å²) in [5, 5.41) is 0.268. The number of hydrogen-bond acceptors (Lipinski definition) is 4. The molecule has 0 N–H and O–H groups in total. The highest BCUT2D eigenvalue weighted by Gasteiger charge is 2.28. The molecule has 1 unspecified atom stereocenters. The molecular weight excluding hydrogens is 368 g/mol. The Labute approximate surface area is 159 Å². The van der Waals surface area contributed by atoms with E-state index < -0.39 is 10.0 Å². The molecule has 26 heavy (non-hydrogen) atoms. The second-order valence-electron chi connectivity index (χ2n) is 6.50. The van der Waals surface area contributed by atoms with Crippen LogP contribution in [0.2, 0.25) is 0 Å². The van der Waals surface area contributed by atoms with Crippen LogP contribution >= 0.6 is 11.8 Å². The zero-order chi connectivity index (χ0) is 19.1. The van der Waals surface area contributed by atoms with Crippen LogP contribution in [0.4, 0.5) is 11.4 Å². The lowest BCUT2D eigenvalue weighted by Crippen LogP contribution is -2.37. The van der Waals surface area contributed by atoms with Crippen molar-refractivity contribution in [2.75, 3.05) is 22.8 Å². The normalized spacial score (nSPS) is 16.9. The molecule has 0 fully saturated rings. The minimum absolute atomic E-state index is 0.0835. The minimum atomic E-state index is -3.71. The average Bonchev–Trinajstić information content (AvgIpc) is 2.60. The fraction of sp³-hybridized carbons (Fsp3) is 0.316. The van der Waals surface area contributed by atoms with Gasteiger partial charge >= 0.3 is 0 Å². The van der Waals surface area contributed by atoms with Crippen LogP contribution in [0, 0.1) is 6.92 Å². The van der Waals surface area contributed by atoms with E-state index in [2.05, 4.69) is 6.92 Å². The molecule has 0 aliphatic carbocycles. The molecule has 1 amide bonds. The summed E-state index contributed by atoms with van der Waals surface area (Å²) < 4.78 is 27.4. The first kappa shape index (κ1) is 18.8. The van der Waals surface area contributed by atoms with Gasteiger partial charge in [-0.15, -0.1) is 11.8 Å². The third-order valence-corrected chi connectivity index (χ3v) is 7.36. The van der Waals surface area contributed by atoms with Crippen molar-refractivity contribution in [3.05, 3.63) is 48.0 Å². The van der Waals surface area contributed by atoms with Gasteiger partial charge in [0.2, 0.25) is 5.91 Å². The summed E-state index contributed by atoms with van der Waals surface area (Å²) in [7, 11) is -2.17. The molecule has 2 aromatic rings. The lowest BCUT2D eigenvalue weighted by Gasteiger charge is -2.32. The van der Waals surface area contributed by atoms with Crippen LogP contribution in [0.25, 0.3) is 0 Å². The first-order chi connectivity index (χ1) is 12.2. The largest absolute Gasteiger partial charge is 0.310 e. The highest BCUT2D eigenvalue weighted by Crippen LogP contribution is 2.40.